The van der Waals surface area contributed by atoms with Crippen LogP contribution in [0.25, 0.3) is 0 Å². The number of alkyl halides is 4. The van der Waals surface area contributed by atoms with Crippen molar-refractivity contribution < 1.29 is 22.3 Å². The molecule has 0 amide bonds. The standard InChI is InChI=1S/C18H24F4N2O/c19-17(20)18(21,22)25-15-7-3-6-14(12-15)16(13-4-1-2-5-13)24-10-8-23-9-11-24/h3,6-7,12-13,16-17,23H,1-2,4-5,8-11H2/t16-/m1/s1. The van der Waals surface area contributed by atoms with Crippen LogP contribution in [0, 0.1) is 5.92 Å². The first kappa shape index (κ1) is 18.5. The third kappa shape index (κ3) is 4.44. The summed E-state index contributed by atoms with van der Waals surface area (Å²) in [5.74, 6) is 0.255. The molecule has 0 aromatic heterocycles. The molecule has 0 radical (unpaired) electrons. The number of nitrogens with zero attached hydrogens (tertiary/aromatic N) is 1. The number of piperazine rings is 1. The minimum absolute atomic E-state index is 0.119. The van der Waals surface area contributed by atoms with Crippen molar-refractivity contribution in [1.29, 1.82) is 0 Å². The Bertz CT molecular complexity index is 558. The number of hydrogen-bond donors (Lipinski definition) is 1. The summed E-state index contributed by atoms with van der Waals surface area (Å²) in [6, 6.07) is 6.42. The molecule has 1 aliphatic carbocycles. The van der Waals surface area contributed by atoms with Gasteiger partial charge in [0.2, 0.25) is 0 Å². The zero-order valence-corrected chi connectivity index (χ0v) is 14.1. The van der Waals surface area contributed by atoms with Crippen molar-refractivity contribution in [3.8, 4) is 5.75 Å². The van der Waals surface area contributed by atoms with Crippen molar-refractivity contribution in [2.24, 2.45) is 5.92 Å². The fraction of sp³-hybridized carbons (Fsp3) is 0.667. The molecule has 25 heavy (non-hydrogen) atoms. The largest absolute Gasteiger partial charge is 0.461 e. The normalized spacial score (nSPS) is 21.6. The lowest BCUT2D eigenvalue weighted by Gasteiger charge is -2.38. The molecule has 0 spiro atoms. The molecule has 2 aliphatic rings. The third-order valence-electron chi connectivity index (χ3n) is 5.10. The van der Waals surface area contributed by atoms with Gasteiger partial charge in [0.05, 0.1) is 0 Å². The van der Waals surface area contributed by atoms with Crippen molar-refractivity contribution in [3.05, 3.63) is 29.8 Å². The Hall–Kier alpha value is -1.34. The molecule has 1 atom stereocenters. The smallest absolute Gasteiger partial charge is 0.428 e. The molecule has 1 aromatic rings. The minimum Gasteiger partial charge on any atom is -0.428 e. The maximum absolute atomic E-state index is 13.2. The van der Waals surface area contributed by atoms with Gasteiger partial charge in [0.1, 0.15) is 5.75 Å². The van der Waals surface area contributed by atoms with Crippen LogP contribution in [0.3, 0.4) is 0 Å². The van der Waals surface area contributed by atoms with Crippen LogP contribution < -0.4 is 10.1 Å². The van der Waals surface area contributed by atoms with Gasteiger partial charge in [0.25, 0.3) is 0 Å². The first-order valence-corrected chi connectivity index (χ1v) is 8.87. The molecule has 1 saturated carbocycles. The molecule has 7 heteroatoms. The number of hydrogen-bond acceptors (Lipinski definition) is 3. The van der Waals surface area contributed by atoms with Gasteiger partial charge in [0.15, 0.2) is 0 Å². The fourth-order valence-electron chi connectivity index (χ4n) is 3.98. The lowest BCUT2D eigenvalue weighted by Crippen LogP contribution is -2.46. The molecule has 3 rings (SSSR count). The SMILES string of the molecule is FC(F)C(F)(F)Oc1cccc([C@@H](C2CCCC2)N2CCNCC2)c1. The first-order valence-electron chi connectivity index (χ1n) is 8.87. The van der Waals surface area contributed by atoms with Crippen molar-refractivity contribution in [2.45, 2.75) is 44.3 Å². The number of halogens is 4. The quantitative estimate of drug-likeness (QED) is 0.775. The van der Waals surface area contributed by atoms with E-state index in [-0.39, 0.29) is 11.8 Å². The van der Waals surface area contributed by atoms with Crippen LogP contribution >= 0.6 is 0 Å². The van der Waals surface area contributed by atoms with Gasteiger partial charge in [-0.1, -0.05) is 25.0 Å². The summed E-state index contributed by atoms with van der Waals surface area (Å²) in [5.41, 5.74) is 0.872. The Kier molecular flexibility index (Phi) is 5.84. The van der Waals surface area contributed by atoms with E-state index in [0.717, 1.165) is 44.6 Å². The molecule has 140 valence electrons. The van der Waals surface area contributed by atoms with Crippen LogP contribution in [-0.2, 0) is 0 Å². The van der Waals surface area contributed by atoms with E-state index in [1.54, 1.807) is 6.07 Å². The molecular formula is C18H24F4N2O. The zero-order chi connectivity index (χ0) is 17.9. The maximum atomic E-state index is 13.2. The van der Waals surface area contributed by atoms with Gasteiger partial charge in [-0.25, -0.2) is 0 Å². The Morgan fingerprint density at radius 2 is 1.80 bits per heavy atom. The molecule has 0 bridgehead atoms. The van der Waals surface area contributed by atoms with Gasteiger partial charge < -0.3 is 10.1 Å². The molecule has 1 aromatic carbocycles. The van der Waals surface area contributed by atoms with Crippen molar-refractivity contribution in [2.75, 3.05) is 26.2 Å². The summed E-state index contributed by atoms with van der Waals surface area (Å²) in [6.45, 7) is 3.56. The maximum Gasteiger partial charge on any atom is 0.461 e. The summed E-state index contributed by atoms with van der Waals surface area (Å²) in [5, 5.41) is 3.32. The number of rotatable bonds is 6. The van der Waals surface area contributed by atoms with Crippen LogP contribution in [-0.4, -0.2) is 43.6 Å². The van der Waals surface area contributed by atoms with Gasteiger partial charge in [0, 0.05) is 32.2 Å². The number of nitrogens with one attached hydrogen (secondary N) is 1. The fourth-order valence-corrected chi connectivity index (χ4v) is 3.98. The lowest BCUT2D eigenvalue weighted by molar-refractivity contribution is -0.253. The average molecular weight is 360 g/mol. The van der Waals surface area contributed by atoms with Crippen molar-refractivity contribution in [3.63, 3.8) is 0 Å². The predicted molar refractivity (Wildman–Crippen MR) is 87.2 cm³/mol. The number of benzene rings is 1. The second kappa shape index (κ2) is 7.91. The van der Waals surface area contributed by atoms with Gasteiger partial charge in [-0.3, -0.25) is 4.90 Å². The summed E-state index contributed by atoms with van der Waals surface area (Å²) >= 11 is 0. The summed E-state index contributed by atoms with van der Waals surface area (Å²) in [6.07, 6.45) is -3.77. The van der Waals surface area contributed by atoms with Gasteiger partial charge >= 0.3 is 12.5 Å². The van der Waals surface area contributed by atoms with Gasteiger partial charge in [-0.15, -0.1) is 0 Å². The van der Waals surface area contributed by atoms with Crippen LogP contribution in [0.1, 0.15) is 37.3 Å². The molecule has 2 fully saturated rings. The van der Waals surface area contributed by atoms with Crippen molar-refractivity contribution >= 4 is 0 Å². The van der Waals surface area contributed by atoms with E-state index < -0.39 is 12.5 Å². The Labute approximate surface area is 145 Å². The Morgan fingerprint density at radius 1 is 1.12 bits per heavy atom. The van der Waals surface area contributed by atoms with E-state index in [0.29, 0.717) is 5.92 Å². The van der Waals surface area contributed by atoms with Gasteiger partial charge in [-0.2, -0.15) is 17.6 Å². The molecule has 0 unspecified atom stereocenters. The van der Waals surface area contributed by atoms with Crippen LogP contribution in [0.5, 0.6) is 5.75 Å². The molecular weight excluding hydrogens is 336 g/mol. The van der Waals surface area contributed by atoms with E-state index in [1.807, 2.05) is 6.07 Å². The van der Waals surface area contributed by atoms with E-state index >= 15 is 0 Å². The molecule has 1 saturated heterocycles. The molecule has 1 aliphatic heterocycles. The van der Waals surface area contributed by atoms with E-state index in [9.17, 15) is 17.6 Å². The number of ether oxygens (including phenoxy) is 1. The summed E-state index contributed by atoms with van der Waals surface area (Å²) in [4.78, 5) is 2.37. The highest BCUT2D eigenvalue weighted by Crippen LogP contribution is 2.41. The minimum atomic E-state index is -4.48. The van der Waals surface area contributed by atoms with E-state index in [4.69, 9.17) is 0 Å². The van der Waals surface area contributed by atoms with Gasteiger partial charge in [-0.05, 0) is 36.5 Å². The van der Waals surface area contributed by atoms with Crippen molar-refractivity contribution in [1.82, 2.24) is 10.2 Å². The Morgan fingerprint density at radius 3 is 2.44 bits per heavy atom. The second-order valence-corrected chi connectivity index (χ2v) is 6.81. The van der Waals surface area contributed by atoms with Crippen LogP contribution in [0.15, 0.2) is 24.3 Å². The zero-order valence-electron chi connectivity index (χ0n) is 14.1. The monoisotopic (exact) mass is 360 g/mol. The topological polar surface area (TPSA) is 24.5 Å². The summed E-state index contributed by atoms with van der Waals surface area (Å²) < 4.78 is 55.6. The third-order valence-corrected chi connectivity index (χ3v) is 5.10. The summed E-state index contributed by atoms with van der Waals surface area (Å²) in [7, 11) is 0. The highest BCUT2D eigenvalue weighted by molar-refractivity contribution is 5.31. The Balaban J connectivity index is 1.83. The van der Waals surface area contributed by atoms with Crippen LogP contribution in [0.2, 0.25) is 0 Å². The predicted octanol–water partition coefficient (Wildman–Crippen LogP) is 4.06. The van der Waals surface area contributed by atoms with Crippen LogP contribution in [0.4, 0.5) is 17.6 Å². The highest BCUT2D eigenvalue weighted by atomic mass is 19.3. The van der Waals surface area contributed by atoms with E-state index in [2.05, 4.69) is 15.0 Å². The molecule has 3 nitrogen and oxygen atoms in total. The second-order valence-electron chi connectivity index (χ2n) is 6.81. The lowest BCUT2D eigenvalue weighted by atomic mass is 9.89. The highest BCUT2D eigenvalue weighted by Gasteiger charge is 2.44. The molecule has 1 heterocycles. The molecule has 1 N–H and O–H groups in total. The van der Waals surface area contributed by atoms with E-state index in [1.165, 1.54) is 25.0 Å². The average Bonchev–Trinajstić information content (AvgIpc) is 3.10. The first-order chi connectivity index (χ1) is 12.0.